The average Bonchev–Trinajstić information content (AvgIpc) is 2.15. The number of rotatable bonds is 2. The molecule has 1 aromatic heterocycles. The van der Waals surface area contributed by atoms with Crippen molar-refractivity contribution in [1.29, 1.82) is 0 Å². The first-order valence-corrected chi connectivity index (χ1v) is 4.77. The maximum atomic E-state index is 11.6. The molecule has 0 aromatic carbocycles. The van der Waals surface area contributed by atoms with E-state index in [2.05, 4.69) is 0 Å². The van der Waals surface area contributed by atoms with Gasteiger partial charge in [0, 0.05) is 5.56 Å². The van der Waals surface area contributed by atoms with E-state index in [-0.39, 0.29) is 0 Å². The zero-order chi connectivity index (χ0) is 11.6. The van der Waals surface area contributed by atoms with Crippen LogP contribution in [0.15, 0.2) is 9.21 Å². The van der Waals surface area contributed by atoms with Crippen molar-refractivity contribution in [2.24, 2.45) is 0 Å². The minimum Gasteiger partial charge on any atom is -0.462 e. The summed E-state index contributed by atoms with van der Waals surface area (Å²) in [6.45, 7) is 6.96. The van der Waals surface area contributed by atoms with Crippen LogP contribution in [0.2, 0.25) is 0 Å². The van der Waals surface area contributed by atoms with Crippen molar-refractivity contribution in [2.45, 2.75) is 27.7 Å². The fourth-order valence-electron chi connectivity index (χ4n) is 1.37. The third kappa shape index (κ3) is 2.09. The van der Waals surface area contributed by atoms with Crippen molar-refractivity contribution in [3.63, 3.8) is 0 Å². The Balaban J connectivity index is 3.36. The summed E-state index contributed by atoms with van der Waals surface area (Å²) in [4.78, 5) is 22.8. The van der Waals surface area contributed by atoms with Crippen LogP contribution in [0.1, 0.15) is 34.2 Å². The van der Waals surface area contributed by atoms with Gasteiger partial charge in [0.25, 0.3) is 0 Å². The highest BCUT2D eigenvalue weighted by Crippen LogP contribution is 2.15. The van der Waals surface area contributed by atoms with E-state index in [9.17, 15) is 9.59 Å². The van der Waals surface area contributed by atoms with Crippen molar-refractivity contribution in [3.05, 3.63) is 32.9 Å². The summed E-state index contributed by atoms with van der Waals surface area (Å²) in [6.07, 6.45) is 0. The fraction of sp³-hybridized carbons (Fsp3) is 0.455. The normalized spacial score (nSPS) is 10.1. The van der Waals surface area contributed by atoms with Crippen LogP contribution in [0.25, 0.3) is 0 Å². The molecule has 0 atom stereocenters. The standard InChI is InChI=1S/C11H14O4/c1-5-14-11(13)9-6(2)7(3)10(12)15-8(9)4/h5H2,1-4H3. The molecule has 0 aliphatic rings. The number of esters is 1. The molecule has 82 valence electrons. The van der Waals surface area contributed by atoms with Gasteiger partial charge in [-0.3, -0.25) is 0 Å². The third-order valence-electron chi connectivity index (χ3n) is 2.32. The number of ether oxygens (including phenoxy) is 1. The van der Waals surface area contributed by atoms with Gasteiger partial charge in [-0.25, -0.2) is 9.59 Å². The molecule has 0 saturated carbocycles. The van der Waals surface area contributed by atoms with Gasteiger partial charge >= 0.3 is 11.6 Å². The van der Waals surface area contributed by atoms with Crippen molar-refractivity contribution in [2.75, 3.05) is 6.61 Å². The molecule has 4 heteroatoms. The molecular formula is C11H14O4. The predicted octanol–water partition coefficient (Wildman–Crippen LogP) is 1.74. The van der Waals surface area contributed by atoms with E-state index < -0.39 is 11.6 Å². The maximum Gasteiger partial charge on any atom is 0.341 e. The van der Waals surface area contributed by atoms with E-state index in [0.29, 0.717) is 29.1 Å². The van der Waals surface area contributed by atoms with E-state index in [4.69, 9.17) is 9.15 Å². The van der Waals surface area contributed by atoms with Gasteiger partial charge in [-0.05, 0) is 33.3 Å². The highest BCUT2D eigenvalue weighted by Gasteiger charge is 2.18. The van der Waals surface area contributed by atoms with E-state index in [1.54, 1.807) is 27.7 Å². The first-order valence-electron chi connectivity index (χ1n) is 4.77. The molecule has 1 heterocycles. The van der Waals surface area contributed by atoms with Gasteiger partial charge in [-0.1, -0.05) is 0 Å². The molecule has 0 spiro atoms. The Kier molecular flexibility index (Phi) is 3.29. The molecule has 15 heavy (non-hydrogen) atoms. The Labute approximate surface area is 87.9 Å². The van der Waals surface area contributed by atoms with Crippen molar-refractivity contribution >= 4 is 5.97 Å². The van der Waals surface area contributed by atoms with Crippen molar-refractivity contribution in [3.8, 4) is 0 Å². The second-order valence-electron chi connectivity index (χ2n) is 3.29. The number of hydrogen-bond donors (Lipinski definition) is 0. The first kappa shape index (κ1) is 11.5. The lowest BCUT2D eigenvalue weighted by Crippen LogP contribution is -2.15. The van der Waals surface area contributed by atoms with Gasteiger partial charge in [-0.2, -0.15) is 0 Å². The van der Waals surface area contributed by atoms with Gasteiger partial charge < -0.3 is 9.15 Å². The van der Waals surface area contributed by atoms with Crippen LogP contribution >= 0.6 is 0 Å². The summed E-state index contributed by atoms with van der Waals surface area (Å²) in [6, 6.07) is 0. The van der Waals surface area contributed by atoms with E-state index in [1.165, 1.54) is 0 Å². The van der Waals surface area contributed by atoms with Crippen LogP contribution in [0.4, 0.5) is 0 Å². The lowest BCUT2D eigenvalue weighted by atomic mass is 10.1. The van der Waals surface area contributed by atoms with Crippen molar-refractivity contribution in [1.82, 2.24) is 0 Å². The molecule has 0 bridgehead atoms. The number of hydrogen-bond acceptors (Lipinski definition) is 4. The minimum absolute atomic E-state index is 0.301. The van der Waals surface area contributed by atoms with Crippen LogP contribution in [0.5, 0.6) is 0 Å². The SMILES string of the molecule is CCOC(=O)c1c(C)oc(=O)c(C)c1C. The highest BCUT2D eigenvalue weighted by molar-refractivity contribution is 5.92. The topological polar surface area (TPSA) is 56.5 Å². The molecule has 0 radical (unpaired) electrons. The van der Waals surface area contributed by atoms with Gasteiger partial charge in [0.15, 0.2) is 0 Å². The Morgan fingerprint density at radius 2 is 1.87 bits per heavy atom. The third-order valence-corrected chi connectivity index (χ3v) is 2.32. The average molecular weight is 210 g/mol. The molecule has 0 saturated heterocycles. The van der Waals surface area contributed by atoms with Gasteiger partial charge in [0.2, 0.25) is 0 Å². The first-order chi connectivity index (χ1) is 6.99. The Morgan fingerprint density at radius 1 is 1.27 bits per heavy atom. The lowest BCUT2D eigenvalue weighted by molar-refractivity contribution is 0.0520. The zero-order valence-corrected chi connectivity index (χ0v) is 9.34. The van der Waals surface area contributed by atoms with Crippen LogP contribution in [0.3, 0.4) is 0 Å². The second-order valence-corrected chi connectivity index (χ2v) is 3.29. The summed E-state index contributed by atoms with van der Waals surface area (Å²) >= 11 is 0. The van der Waals surface area contributed by atoms with E-state index in [0.717, 1.165) is 0 Å². The number of aryl methyl sites for hydroxylation is 1. The quantitative estimate of drug-likeness (QED) is 0.698. The molecule has 0 unspecified atom stereocenters. The molecule has 0 N–H and O–H groups in total. The molecular weight excluding hydrogens is 196 g/mol. The summed E-state index contributed by atoms with van der Waals surface area (Å²) in [5.74, 6) is -0.138. The predicted molar refractivity (Wildman–Crippen MR) is 55.1 cm³/mol. The second kappa shape index (κ2) is 4.29. The summed E-state index contributed by atoms with van der Waals surface area (Å²) in [5, 5.41) is 0. The summed E-state index contributed by atoms with van der Waals surface area (Å²) < 4.78 is 9.81. The lowest BCUT2D eigenvalue weighted by Gasteiger charge is -2.08. The zero-order valence-electron chi connectivity index (χ0n) is 9.34. The highest BCUT2D eigenvalue weighted by atomic mass is 16.5. The smallest absolute Gasteiger partial charge is 0.341 e. The molecule has 0 amide bonds. The summed E-state index contributed by atoms with van der Waals surface area (Å²) in [5.41, 5.74) is 1.03. The van der Waals surface area contributed by atoms with Crippen LogP contribution in [-0.4, -0.2) is 12.6 Å². The van der Waals surface area contributed by atoms with Crippen LogP contribution in [-0.2, 0) is 4.74 Å². The molecule has 1 rings (SSSR count). The number of carbonyl (C=O) groups excluding carboxylic acids is 1. The maximum absolute atomic E-state index is 11.6. The largest absolute Gasteiger partial charge is 0.462 e. The Hall–Kier alpha value is -1.58. The van der Waals surface area contributed by atoms with Crippen molar-refractivity contribution < 1.29 is 13.9 Å². The van der Waals surface area contributed by atoms with Crippen LogP contribution in [0, 0.1) is 20.8 Å². The van der Waals surface area contributed by atoms with Gasteiger partial charge in [0.1, 0.15) is 11.3 Å². The van der Waals surface area contributed by atoms with Gasteiger partial charge in [-0.15, -0.1) is 0 Å². The molecule has 0 aliphatic carbocycles. The monoisotopic (exact) mass is 210 g/mol. The fourth-order valence-corrected chi connectivity index (χ4v) is 1.37. The molecule has 4 nitrogen and oxygen atoms in total. The van der Waals surface area contributed by atoms with Gasteiger partial charge in [0.05, 0.1) is 6.61 Å². The molecule has 0 aliphatic heterocycles. The van der Waals surface area contributed by atoms with E-state index in [1.807, 2.05) is 0 Å². The van der Waals surface area contributed by atoms with E-state index >= 15 is 0 Å². The Bertz CT molecular complexity index is 443. The van der Waals surface area contributed by atoms with Crippen LogP contribution < -0.4 is 5.63 Å². The minimum atomic E-state index is -0.445. The summed E-state index contributed by atoms with van der Waals surface area (Å²) in [7, 11) is 0. The molecule has 1 aromatic rings. The molecule has 0 fully saturated rings. The number of carbonyl (C=O) groups is 1. The Morgan fingerprint density at radius 3 is 2.40 bits per heavy atom.